The highest BCUT2D eigenvalue weighted by Gasteiger charge is 2.30. The quantitative estimate of drug-likeness (QED) is 0.0222. The van der Waals surface area contributed by atoms with Crippen LogP contribution in [0.4, 0.5) is 0 Å². The molecule has 0 saturated carbocycles. The van der Waals surface area contributed by atoms with Crippen molar-refractivity contribution in [3.05, 3.63) is 0 Å². The van der Waals surface area contributed by atoms with Crippen LogP contribution in [0.15, 0.2) is 0 Å². The van der Waals surface area contributed by atoms with E-state index in [1.165, 1.54) is 173 Å². The first-order chi connectivity index (χ1) is 45.1. The summed E-state index contributed by atoms with van der Waals surface area (Å²) < 4.78 is 68.4. The number of hydrogen-bond donors (Lipinski definition) is 3. The highest BCUT2D eigenvalue weighted by atomic mass is 31.2. The molecule has 2 unspecified atom stereocenters. The second-order valence-electron chi connectivity index (χ2n) is 28.9. The van der Waals surface area contributed by atoms with E-state index in [9.17, 15) is 43.2 Å². The number of ether oxygens (including phenoxy) is 4. The van der Waals surface area contributed by atoms with Crippen LogP contribution in [-0.4, -0.2) is 96.7 Å². The van der Waals surface area contributed by atoms with Crippen molar-refractivity contribution in [2.45, 2.75) is 395 Å². The van der Waals surface area contributed by atoms with Crippen molar-refractivity contribution in [3.63, 3.8) is 0 Å². The molecule has 94 heavy (non-hydrogen) atoms. The van der Waals surface area contributed by atoms with Crippen LogP contribution in [0.1, 0.15) is 376 Å². The number of hydrogen-bond acceptors (Lipinski definition) is 15. The van der Waals surface area contributed by atoms with Crippen LogP contribution < -0.4 is 0 Å². The lowest BCUT2D eigenvalue weighted by Crippen LogP contribution is -2.30. The number of phosphoric ester groups is 2. The molecule has 0 fully saturated rings. The topological polar surface area (TPSA) is 237 Å². The summed E-state index contributed by atoms with van der Waals surface area (Å²) in [6.07, 6.45) is 49.0. The van der Waals surface area contributed by atoms with Crippen molar-refractivity contribution in [2.75, 3.05) is 39.6 Å². The molecule has 0 rings (SSSR count). The van der Waals surface area contributed by atoms with E-state index >= 15 is 0 Å². The lowest BCUT2D eigenvalue weighted by atomic mass is 10.0. The average Bonchev–Trinajstić information content (AvgIpc) is 2.40. The lowest BCUT2D eigenvalue weighted by molar-refractivity contribution is -0.161. The van der Waals surface area contributed by atoms with Gasteiger partial charge in [-0.1, -0.05) is 325 Å². The minimum atomic E-state index is -4.96. The third kappa shape index (κ3) is 68.6. The predicted octanol–water partition coefficient (Wildman–Crippen LogP) is 21.7. The SMILES string of the molecule is CC(C)CCCCCCCCCCCCCCCCCCCCC(=O)OC[C@H](COP(=O)(O)OC[C@@H](O)COP(=O)(O)OC[C@@H](COC(=O)CCCCCCCCC(C)C)OC(=O)CCCCCCCCCCCCC(C)C)OC(=O)CCCCCCCCCCC(C)C. The van der Waals surface area contributed by atoms with Crippen molar-refractivity contribution in [2.24, 2.45) is 23.7 Å². The molecule has 3 N–H and O–H groups in total. The van der Waals surface area contributed by atoms with Crippen LogP contribution in [-0.2, 0) is 65.4 Å². The molecular weight excluding hydrogens is 1230 g/mol. The maximum Gasteiger partial charge on any atom is 0.472 e. The molecule has 19 heteroatoms. The van der Waals surface area contributed by atoms with Gasteiger partial charge in [0.2, 0.25) is 0 Å². The van der Waals surface area contributed by atoms with Gasteiger partial charge < -0.3 is 33.8 Å². The van der Waals surface area contributed by atoms with Gasteiger partial charge in [-0.2, -0.15) is 0 Å². The fourth-order valence-electron chi connectivity index (χ4n) is 11.4. The Hall–Kier alpha value is -1.94. The Bertz CT molecular complexity index is 1850. The Kier molecular flexibility index (Phi) is 63.1. The largest absolute Gasteiger partial charge is 0.472 e. The second kappa shape index (κ2) is 64.4. The molecule has 558 valence electrons. The summed E-state index contributed by atoms with van der Waals surface area (Å²) >= 11 is 0. The van der Waals surface area contributed by atoms with Crippen molar-refractivity contribution in [1.29, 1.82) is 0 Å². The molecule has 0 heterocycles. The van der Waals surface area contributed by atoms with Gasteiger partial charge in [-0.25, -0.2) is 9.13 Å². The molecule has 0 aliphatic heterocycles. The number of carbonyl (C=O) groups excluding carboxylic acids is 4. The molecule has 0 radical (unpaired) electrons. The average molecular weight is 1380 g/mol. The molecular formula is C75H146O17P2. The molecule has 0 bridgehead atoms. The van der Waals surface area contributed by atoms with Crippen LogP contribution in [0.3, 0.4) is 0 Å². The van der Waals surface area contributed by atoms with Crippen LogP contribution in [0.5, 0.6) is 0 Å². The minimum absolute atomic E-state index is 0.104. The van der Waals surface area contributed by atoms with Gasteiger partial charge in [0.1, 0.15) is 19.3 Å². The Morgan fingerprint density at radius 3 is 0.660 bits per heavy atom. The molecule has 0 aliphatic rings. The summed E-state index contributed by atoms with van der Waals surface area (Å²) in [5.41, 5.74) is 0. The molecule has 0 spiro atoms. The van der Waals surface area contributed by atoms with Gasteiger partial charge in [0.15, 0.2) is 12.2 Å². The first kappa shape index (κ1) is 92.1. The maximum atomic E-state index is 13.1. The van der Waals surface area contributed by atoms with E-state index in [0.29, 0.717) is 31.6 Å². The fourth-order valence-corrected chi connectivity index (χ4v) is 13.0. The van der Waals surface area contributed by atoms with E-state index in [1.54, 1.807) is 0 Å². The van der Waals surface area contributed by atoms with Crippen molar-refractivity contribution in [1.82, 2.24) is 0 Å². The Morgan fingerprint density at radius 2 is 0.447 bits per heavy atom. The van der Waals surface area contributed by atoms with E-state index in [0.717, 1.165) is 114 Å². The van der Waals surface area contributed by atoms with E-state index in [2.05, 4.69) is 55.4 Å². The van der Waals surface area contributed by atoms with Crippen LogP contribution in [0, 0.1) is 23.7 Å². The van der Waals surface area contributed by atoms with Gasteiger partial charge in [-0.3, -0.25) is 37.3 Å². The van der Waals surface area contributed by atoms with Gasteiger partial charge in [-0.05, 0) is 49.4 Å². The first-order valence-corrected chi connectivity index (χ1v) is 41.7. The van der Waals surface area contributed by atoms with Gasteiger partial charge in [-0.15, -0.1) is 0 Å². The molecule has 5 atom stereocenters. The van der Waals surface area contributed by atoms with Crippen LogP contribution >= 0.6 is 15.6 Å². The molecule has 0 amide bonds. The highest BCUT2D eigenvalue weighted by Crippen LogP contribution is 2.45. The van der Waals surface area contributed by atoms with Gasteiger partial charge >= 0.3 is 39.5 Å². The number of aliphatic hydroxyl groups excluding tert-OH is 1. The number of unbranched alkanes of at least 4 members (excludes halogenated alkanes) is 38. The molecule has 0 aromatic heterocycles. The van der Waals surface area contributed by atoms with Crippen molar-refractivity contribution >= 4 is 39.5 Å². The first-order valence-electron chi connectivity index (χ1n) is 38.7. The number of phosphoric acid groups is 2. The van der Waals surface area contributed by atoms with Crippen molar-refractivity contribution < 1.29 is 80.2 Å². The third-order valence-corrected chi connectivity index (χ3v) is 19.2. The number of carbonyl (C=O) groups is 4. The third-order valence-electron chi connectivity index (χ3n) is 17.3. The monoisotopic (exact) mass is 1380 g/mol. The van der Waals surface area contributed by atoms with Gasteiger partial charge in [0.05, 0.1) is 26.4 Å². The normalized spacial score (nSPS) is 14.2. The smallest absolute Gasteiger partial charge is 0.462 e. The second-order valence-corrected chi connectivity index (χ2v) is 31.9. The molecule has 0 saturated heterocycles. The summed E-state index contributed by atoms with van der Waals surface area (Å²) in [7, 11) is -9.91. The standard InChI is InChI=1S/C75H146O17P2/c1-65(2)51-43-35-27-21-17-15-13-11-9-10-12-14-16-18-23-30-39-47-55-72(77)85-61-70(92-75(80)58-50-42-32-26-25-29-37-45-53-67(5)6)63-89-93(81,82)87-59-69(76)60-88-94(83,84)90-64-71(62-86-73(78)56-48-40-34-33-38-46-54-68(7)8)91-74(79)57-49-41-31-24-20-19-22-28-36-44-52-66(3)4/h65-71,76H,9-64H2,1-8H3,(H,81,82)(H,83,84)/t69-,70-,71-/m1/s1. The maximum absolute atomic E-state index is 13.1. The zero-order chi connectivity index (χ0) is 69.6. The Labute approximate surface area is 575 Å². The molecule has 17 nitrogen and oxygen atoms in total. The molecule has 0 aliphatic carbocycles. The Morgan fingerprint density at radius 1 is 0.266 bits per heavy atom. The predicted molar refractivity (Wildman–Crippen MR) is 381 cm³/mol. The summed E-state index contributed by atoms with van der Waals surface area (Å²) in [6.45, 7) is 14.1. The van der Waals surface area contributed by atoms with E-state index in [-0.39, 0.29) is 25.7 Å². The summed E-state index contributed by atoms with van der Waals surface area (Å²) in [4.78, 5) is 72.7. The van der Waals surface area contributed by atoms with E-state index < -0.39 is 97.5 Å². The summed E-state index contributed by atoms with van der Waals surface area (Å²) in [5, 5.41) is 10.6. The number of esters is 4. The number of aliphatic hydroxyl groups is 1. The lowest BCUT2D eigenvalue weighted by Gasteiger charge is -2.21. The van der Waals surface area contributed by atoms with E-state index in [1.807, 2.05) is 0 Å². The molecule has 0 aromatic rings. The van der Waals surface area contributed by atoms with Crippen LogP contribution in [0.2, 0.25) is 0 Å². The molecule has 0 aromatic carbocycles. The summed E-state index contributed by atoms with van der Waals surface area (Å²) in [5.74, 6) is 0.846. The number of rotatable bonds is 72. The van der Waals surface area contributed by atoms with Crippen LogP contribution in [0.25, 0.3) is 0 Å². The van der Waals surface area contributed by atoms with Gasteiger partial charge in [0, 0.05) is 25.7 Å². The zero-order valence-electron chi connectivity index (χ0n) is 61.6. The zero-order valence-corrected chi connectivity index (χ0v) is 63.4. The fraction of sp³-hybridized carbons (Fsp3) is 0.947. The summed E-state index contributed by atoms with van der Waals surface area (Å²) in [6, 6.07) is 0. The Balaban J connectivity index is 5.15. The minimum Gasteiger partial charge on any atom is -0.462 e. The van der Waals surface area contributed by atoms with E-state index in [4.69, 9.17) is 37.0 Å². The highest BCUT2D eigenvalue weighted by molar-refractivity contribution is 7.47. The van der Waals surface area contributed by atoms with Crippen molar-refractivity contribution in [3.8, 4) is 0 Å². The van der Waals surface area contributed by atoms with Gasteiger partial charge in [0.25, 0.3) is 0 Å².